The molecule has 1 aromatic carbocycles. The van der Waals surface area contributed by atoms with E-state index in [1.807, 2.05) is 12.1 Å². The van der Waals surface area contributed by atoms with E-state index in [1.165, 1.54) is 23.0 Å². The lowest BCUT2D eigenvalue weighted by Gasteiger charge is -2.42. The van der Waals surface area contributed by atoms with Crippen molar-refractivity contribution in [2.24, 2.45) is 20.8 Å². The summed E-state index contributed by atoms with van der Waals surface area (Å²) in [5, 5.41) is 12.1. The topological polar surface area (TPSA) is 166 Å². The Morgan fingerprint density at radius 2 is 1.75 bits per heavy atom. The van der Waals surface area contributed by atoms with Gasteiger partial charge in [0.15, 0.2) is 5.82 Å². The third-order valence-electron chi connectivity index (χ3n) is 8.66. The van der Waals surface area contributed by atoms with E-state index in [9.17, 15) is 0 Å². The van der Waals surface area contributed by atoms with Crippen LogP contribution in [-0.4, -0.2) is 65.1 Å². The number of azide groups is 2. The summed E-state index contributed by atoms with van der Waals surface area (Å²) in [5.74, 6) is 0.494. The second-order valence-electron chi connectivity index (χ2n) is 11.0. The summed E-state index contributed by atoms with van der Waals surface area (Å²) < 4.78 is 0. The zero-order chi connectivity index (χ0) is 28.0. The predicted molar refractivity (Wildman–Crippen MR) is 153 cm³/mol. The molecule has 0 bridgehead atoms. The number of allylic oxidation sites excluding steroid dienone is 1. The van der Waals surface area contributed by atoms with Gasteiger partial charge in [-0.3, -0.25) is 9.80 Å². The van der Waals surface area contributed by atoms with Crippen LogP contribution in [0.3, 0.4) is 0 Å². The fourth-order valence-corrected chi connectivity index (χ4v) is 6.65. The largest absolute Gasteiger partial charge is 0.299 e. The molecule has 0 atom stereocenters. The summed E-state index contributed by atoms with van der Waals surface area (Å²) in [5.41, 5.74) is 30.9. The first kappa shape index (κ1) is 28.0. The number of hydrogen-bond acceptors (Lipinski definition) is 8. The van der Waals surface area contributed by atoms with Crippen LogP contribution in [0.2, 0.25) is 5.02 Å². The standard InChI is InChI=1S/C27H33ClN12/c28-21-3-1-19(2-4-21)23-5-9-27(16-34-37-30,17-35-38-31)13-20(23)14-39-10-6-22(7-11-39)40-12-8-24-25(15-40)32-18-33-26(24)36-29/h1-4,18,22,29H,5-17H2. The molecule has 1 saturated heterocycles. The number of nitrogens with zero attached hydrogens (tertiary/aromatic N) is 11. The molecule has 0 amide bonds. The van der Waals surface area contributed by atoms with Crippen molar-refractivity contribution in [3.8, 4) is 0 Å². The molecule has 13 heteroatoms. The number of halogens is 1. The number of piperidine rings is 1. The van der Waals surface area contributed by atoms with E-state index in [4.69, 9.17) is 28.2 Å². The van der Waals surface area contributed by atoms with Gasteiger partial charge in [0.05, 0.1) is 5.69 Å². The van der Waals surface area contributed by atoms with Crippen LogP contribution in [0, 0.1) is 10.9 Å². The maximum Gasteiger partial charge on any atom is 0.180 e. The first-order valence-corrected chi connectivity index (χ1v) is 14.1. The van der Waals surface area contributed by atoms with E-state index in [-0.39, 0.29) is 5.41 Å². The van der Waals surface area contributed by atoms with Crippen LogP contribution in [0.15, 0.2) is 51.5 Å². The normalized spacial score (nSPS) is 22.2. The predicted octanol–water partition coefficient (Wildman–Crippen LogP) is 6.86. The van der Waals surface area contributed by atoms with Gasteiger partial charge >= 0.3 is 0 Å². The number of rotatable bonds is 9. The van der Waals surface area contributed by atoms with Gasteiger partial charge in [-0.15, -0.1) is 5.11 Å². The fourth-order valence-electron chi connectivity index (χ4n) is 6.53. The zero-order valence-corrected chi connectivity index (χ0v) is 23.2. The van der Waals surface area contributed by atoms with Crippen LogP contribution in [0.25, 0.3) is 26.5 Å². The smallest absolute Gasteiger partial charge is 0.180 e. The maximum absolute atomic E-state index is 9.03. The second-order valence-corrected chi connectivity index (χ2v) is 11.4. The van der Waals surface area contributed by atoms with Gasteiger partial charge in [0.2, 0.25) is 0 Å². The van der Waals surface area contributed by atoms with E-state index in [0.717, 1.165) is 82.5 Å². The molecule has 0 radical (unpaired) electrons. The van der Waals surface area contributed by atoms with Crippen molar-refractivity contribution in [1.82, 2.24) is 19.8 Å². The van der Waals surface area contributed by atoms with Gasteiger partial charge in [0.25, 0.3) is 0 Å². The van der Waals surface area contributed by atoms with E-state index >= 15 is 0 Å². The lowest BCUT2D eigenvalue weighted by molar-refractivity contribution is 0.0994. The monoisotopic (exact) mass is 560 g/mol. The van der Waals surface area contributed by atoms with E-state index in [1.54, 1.807) is 0 Å². The van der Waals surface area contributed by atoms with Crippen molar-refractivity contribution in [3.63, 3.8) is 0 Å². The van der Waals surface area contributed by atoms with Crippen molar-refractivity contribution in [2.45, 2.75) is 51.1 Å². The molecule has 1 aromatic heterocycles. The molecular weight excluding hydrogens is 528 g/mol. The first-order valence-electron chi connectivity index (χ1n) is 13.7. The van der Waals surface area contributed by atoms with Crippen molar-refractivity contribution < 1.29 is 0 Å². The number of benzene rings is 1. The van der Waals surface area contributed by atoms with Gasteiger partial charge < -0.3 is 0 Å². The minimum atomic E-state index is -0.366. The minimum absolute atomic E-state index is 0.317. The lowest BCUT2D eigenvalue weighted by Crippen LogP contribution is -2.47. The summed E-state index contributed by atoms with van der Waals surface area (Å²) in [4.78, 5) is 19.7. The minimum Gasteiger partial charge on any atom is -0.299 e. The first-order chi connectivity index (χ1) is 19.5. The molecule has 2 aromatic rings. The highest BCUT2D eigenvalue weighted by atomic mass is 35.5. The molecular formula is C27H33ClN12. The van der Waals surface area contributed by atoms with Crippen LogP contribution >= 0.6 is 11.6 Å². The third-order valence-corrected chi connectivity index (χ3v) is 8.91. The highest BCUT2D eigenvalue weighted by molar-refractivity contribution is 6.30. The molecule has 0 saturated carbocycles. The molecule has 3 heterocycles. The molecule has 3 aliphatic rings. The van der Waals surface area contributed by atoms with Crippen LogP contribution in [0.1, 0.15) is 48.9 Å². The number of likely N-dealkylation sites (tertiary alicyclic amines) is 1. The molecule has 1 fully saturated rings. The maximum atomic E-state index is 9.03. The van der Waals surface area contributed by atoms with Gasteiger partial charge in [0.1, 0.15) is 6.33 Å². The average Bonchev–Trinajstić information content (AvgIpc) is 2.99. The van der Waals surface area contributed by atoms with Crippen molar-refractivity contribution in [1.29, 1.82) is 5.53 Å². The van der Waals surface area contributed by atoms with Gasteiger partial charge in [-0.25, -0.2) is 15.5 Å². The molecule has 1 aliphatic carbocycles. The Balaban J connectivity index is 1.30. The van der Waals surface area contributed by atoms with Gasteiger partial charge in [0, 0.05) is 59.2 Å². The second kappa shape index (κ2) is 12.8. The summed E-state index contributed by atoms with van der Waals surface area (Å²) in [7, 11) is 0. The summed E-state index contributed by atoms with van der Waals surface area (Å²) in [6.45, 7) is 5.15. The SMILES string of the molecule is [N-]=[N+]=NCC1(CN=[N+]=[N-])CCC(c2ccc(Cl)cc2)=C(CN2CCC(N3CCc4c(ncnc4N=N)C3)CC2)C1. The molecule has 5 rings (SSSR count). The Morgan fingerprint density at radius 3 is 2.42 bits per heavy atom. The molecule has 0 spiro atoms. The van der Waals surface area contributed by atoms with Gasteiger partial charge in [-0.05, 0) is 91.4 Å². The van der Waals surface area contributed by atoms with Crippen molar-refractivity contribution >= 4 is 23.0 Å². The summed E-state index contributed by atoms with van der Waals surface area (Å²) in [6.07, 6.45) is 6.84. The number of nitrogens with one attached hydrogen (secondary N) is 1. The Kier molecular flexibility index (Phi) is 8.94. The van der Waals surface area contributed by atoms with Crippen LogP contribution in [0.5, 0.6) is 0 Å². The summed E-state index contributed by atoms with van der Waals surface area (Å²) in [6, 6.07) is 8.50. The Bertz CT molecular complexity index is 1330. The number of fused-ring (bicyclic) bond motifs is 1. The molecule has 1 N–H and O–H groups in total. The Morgan fingerprint density at radius 1 is 1.02 bits per heavy atom. The van der Waals surface area contributed by atoms with Crippen LogP contribution in [0.4, 0.5) is 5.82 Å². The zero-order valence-electron chi connectivity index (χ0n) is 22.5. The highest BCUT2D eigenvalue weighted by Crippen LogP contribution is 2.44. The highest BCUT2D eigenvalue weighted by Gasteiger charge is 2.36. The molecule has 12 nitrogen and oxygen atoms in total. The van der Waals surface area contributed by atoms with E-state index in [2.05, 4.69) is 57.1 Å². The third kappa shape index (κ3) is 6.27. The number of hydrogen-bond donors (Lipinski definition) is 1. The van der Waals surface area contributed by atoms with Gasteiger partial charge in [-0.1, -0.05) is 39.5 Å². The molecule has 2 aliphatic heterocycles. The van der Waals surface area contributed by atoms with Crippen LogP contribution in [-0.2, 0) is 13.0 Å². The van der Waals surface area contributed by atoms with Crippen LogP contribution < -0.4 is 0 Å². The number of aromatic nitrogens is 2. The average molecular weight is 561 g/mol. The van der Waals surface area contributed by atoms with E-state index in [0.29, 0.717) is 30.0 Å². The molecule has 208 valence electrons. The lowest BCUT2D eigenvalue weighted by atomic mass is 9.70. The van der Waals surface area contributed by atoms with Gasteiger partial charge in [-0.2, -0.15) is 0 Å². The Labute approximate surface area is 238 Å². The summed E-state index contributed by atoms with van der Waals surface area (Å²) >= 11 is 6.18. The Hall–Kier alpha value is -3.53. The fraction of sp³-hybridized carbons (Fsp3) is 0.556. The molecule has 0 unspecified atom stereocenters. The van der Waals surface area contributed by atoms with Crippen molar-refractivity contribution in [3.05, 3.63) is 78.9 Å². The molecule has 40 heavy (non-hydrogen) atoms. The van der Waals surface area contributed by atoms with Crippen molar-refractivity contribution in [2.75, 3.05) is 39.3 Å². The quantitative estimate of drug-likeness (QED) is 0.201. The van der Waals surface area contributed by atoms with E-state index < -0.39 is 0 Å².